The number of hydrogen-bond donors (Lipinski definition) is 1. The number of hydrogen-bond acceptors (Lipinski definition) is 4. The minimum atomic E-state index is -4.36. The van der Waals surface area contributed by atoms with E-state index in [2.05, 4.69) is 15.5 Å². The minimum absolute atomic E-state index is 0.0652. The van der Waals surface area contributed by atoms with Gasteiger partial charge in [0.15, 0.2) is 6.04 Å². The maximum absolute atomic E-state index is 13.4. The molecule has 0 unspecified atom stereocenters. The summed E-state index contributed by atoms with van der Waals surface area (Å²) in [5, 5.41) is 11.4. The molecule has 1 saturated heterocycles. The number of amides is 1. The Labute approximate surface area is 154 Å². The Morgan fingerprint density at radius 1 is 1.41 bits per heavy atom. The van der Waals surface area contributed by atoms with Gasteiger partial charge in [0.25, 0.3) is 0 Å². The van der Waals surface area contributed by atoms with Gasteiger partial charge in [-0.25, -0.2) is 4.68 Å². The number of nitrogens with zero attached hydrogens (tertiary/aromatic N) is 5. The Morgan fingerprint density at radius 2 is 2.22 bits per heavy atom. The first-order valence-electron chi connectivity index (χ1n) is 9.02. The SMILES string of the molecule is C[C@@H]1C[C@H](C(F)(F)F)n2nc([C@@H]3CCCN3C(=O)Cn3cccn3)cc2N1. The van der Waals surface area contributed by atoms with Crippen LogP contribution in [0.1, 0.15) is 44.0 Å². The molecule has 0 saturated carbocycles. The van der Waals surface area contributed by atoms with Gasteiger partial charge in [-0.1, -0.05) is 0 Å². The van der Waals surface area contributed by atoms with Gasteiger partial charge >= 0.3 is 6.18 Å². The van der Waals surface area contributed by atoms with Gasteiger partial charge in [-0.3, -0.25) is 9.48 Å². The molecule has 1 N–H and O–H groups in total. The van der Waals surface area contributed by atoms with E-state index < -0.39 is 12.2 Å². The molecule has 3 atom stereocenters. The quantitative estimate of drug-likeness (QED) is 0.886. The molecule has 27 heavy (non-hydrogen) atoms. The fraction of sp³-hybridized carbons (Fsp3) is 0.588. The average Bonchev–Trinajstić information content (AvgIpc) is 3.32. The highest BCUT2D eigenvalue weighted by atomic mass is 19.4. The summed E-state index contributed by atoms with van der Waals surface area (Å²) in [4.78, 5) is 14.3. The van der Waals surface area contributed by atoms with Crippen molar-refractivity contribution in [3.8, 4) is 0 Å². The first-order chi connectivity index (χ1) is 12.8. The van der Waals surface area contributed by atoms with Crippen LogP contribution in [-0.4, -0.2) is 49.1 Å². The lowest BCUT2D eigenvalue weighted by Crippen LogP contribution is -2.38. The summed E-state index contributed by atoms with van der Waals surface area (Å²) in [6.07, 6.45) is 0.363. The second-order valence-corrected chi connectivity index (χ2v) is 7.19. The summed E-state index contributed by atoms with van der Waals surface area (Å²) < 4.78 is 42.9. The van der Waals surface area contributed by atoms with Crippen LogP contribution in [-0.2, 0) is 11.3 Å². The topological polar surface area (TPSA) is 68.0 Å². The van der Waals surface area contributed by atoms with Crippen molar-refractivity contribution < 1.29 is 18.0 Å². The zero-order valence-corrected chi connectivity index (χ0v) is 14.9. The minimum Gasteiger partial charge on any atom is -0.368 e. The lowest BCUT2D eigenvalue weighted by Gasteiger charge is -2.31. The Bertz CT molecular complexity index is 815. The average molecular weight is 382 g/mol. The molecule has 0 bridgehead atoms. The summed E-state index contributed by atoms with van der Waals surface area (Å²) in [5.41, 5.74) is 0.507. The van der Waals surface area contributed by atoms with Crippen molar-refractivity contribution in [1.82, 2.24) is 24.5 Å². The van der Waals surface area contributed by atoms with Gasteiger partial charge in [-0.05, 0) is 32.3 Å². The normalized spacial score (nSPS) is 25.3. The predicted octanol–water partition coefficient (Wildman–Crippen LogP) is 2.75. The number of halogens is 3. The Kier molecular flexibility index (Phi) is 4.35. The van der Waals surface area contributed by atoms with Gasteiger partial charge in [0, 0.05) is 31.0 Å². The van der Waals surface area contributed by atoms with Crippen LogP contribution in [0.15, 0.2) is 24.5 Å². The molecule has 2 aromatic heterocycles. The van der Waals surface area contributed by atoms with Gasteiger partial charge in [0.2, 0.25) is 5.91 Å². The summed E-state index contributed by atoms with van der Waals surface area (Å²) in [5.74, 6) is 0.248. The van der Waals surface area contributed by atoms with Crippen molar-refractivity contribution in [3.05, 3.63) is 30.2 Å². The predicted molar refractivity (Wildman–Crippen MR) is 90.9 cm³/mol. The van der Waals surface area contributed by atoms with E-state index in [0.717, 1.165) is 11.1 Å². The van der Waals surface area contributed by atoms with Crippen LogP contribution in [0.4, 0.5) is 19.0 Å². The monoisotopic (exact) mass is 382 g/mol. The second-order valence-electron chi connectivity index (χ2n) is 7.19. The molecule has 4 rings (SSSR count). The zero-order valence-electron chi connectivity index (χ0n) is 14.9. The van der Waals surface area contributed by atoms with Crippen LogP contribution in [0.2, 0.25) is 0 Å². The zero-order chi connectivity index (χ0) is 19.2. The third kappa shape index (κ3) is 3.40. The molecule has 10 heteroatoms. The molecule has 1 amide bonds. The molecule has 2 aromatic rings. The van der Waals surface area contributed by atoms with Gasteiger partial charge in [0.05, 0.1) is 11.7 Å². The lowest BCUT2D eigenvalue weighted by atomic mass is 10.1. The van der Waals surface area contributed by atoms with E-state index in [9.17, 15) is 18.0 Å². The summed E-state index contributed by atoms with van der Waals surface area (Å²) >= 11 is 0. The second kappa shape index (κ2) is 6.58. The van der Waals surface area contributed by atoms with E-state index in [0.29, 0.717) is 24.5 Å². The number of carbonyl (C=O) groups is 1. The maximum atomic E-state index is 13.4. The third-order valence-electron chi connectivity index (χ3n) is 5.17. The molecule has 2 aliphatic heterocycles. The highest BCUT2D eigenvalue weighted by Gasteiger charge is 2.46. The molecule has 7 nitrogen and oxygen atoms in total. The highest BCUT2D eigenvalue weighted by molar-refractivity contribution is 5.76. The van der Waals surface area contributed by atoms with Gasteiger partial charge < -0.3 is 10.2 Å². The molecule has 2 aliphatic rings. The van der Waals surface area contributed by atoms with E-state index >= 15 is 0 Å². The summed E-state index contributed by atoms with van der Waals surface area (Å²) in [6.45, 7) is 2.40. The van der Waals surface area contributed by atoms with Crippen LogP contribution < -0.4 is 5.32 Å². The molecular formula is C17H21F3N6O. The number of anilines is 1. The number of likely N-dealkylation sites (tertiary alicyclic amines) is 1. The Balaban J connectivity index is 1.59. The van der Waals surface area contributed by atoms with E-state index in [-0.39, 0.29) is 31.0 Å². The van der Waals surface area contributed by atoms with Crippen LogP contribution in [0.5, 0.6) is 0 Å². The fourth-order valence-corrected chi connectivity index (χ4v) is 3.94. The highest BCUT2D eigenvalue weighted by Crippen LogP contribution is 2.41. The van der Waals surface area contributed by atoms with E-state index in [1.807, 2.05) is 0 Å². The standard InChI is InChI=1S/C17H21F3N6O/c1-11-8-14(17(18,19)20)26-15(22-11)9-12(23-26)13-4-2-7-25(13)16(27)10-24-6-3-5-21-24/h3,5-6,9,11,13-14,22H,2,4,7-8,10H2,1H3/t11-,13+,14-/m1/s1. The first kappa shape index (κ1) is 17.9. The number of rotatable bonds is 3. The largest absolute Gasteiger partial charge is 0.410 e. The molecule has 4 heterocycles. The molecule has 1 fully saturated rings. The van der Waals surface area contributed by atoms with Gasteiger partial charge in [-0.2, -0.15) is 23.4 Å². The van der Waals surface area contributed by atoms with Crippen LogP contribution >= 0.6 is 0 Å². The van der Waals surface area contributed by atoms with E-state index in [1.165, 1.54) is 0 Å². The van der Waals surface area contributed by atoms with Crippen molar-refractivity contribution in [2.24, 2.45) is 0 Å². The Morgan fingerprint density at radius 3 is 2.93 bits per heavy atom. The fourth-order valence-electron chi connectivity index (χ4n) is 3.94. The molecule has 0 radical (unpaired) electrons. The first-order valence-corrected chi connectivity index (χ1v) is 9.02. The lowest BCUT2D eigenvalue weighted by molar-refractivity contribution is -0.173. The smallest absolute Gasteiger partial charge is 0.368 e. The van der Waals surface area contributed by atoms with Gasteiger partial charge in [0.1, 0.15) is 12.4 Å². The van der Waals surface area contributed by atoms with Crippen LogP contribution in [0, 0.1) is 0 Å². The molecule has 0 spiro atoms. The number of aromatic nitrogens is 4. The number of nitrogens with one attached hydrogen (secondary N) is 1. The maximum Gasteiger partial charge on any atom is 0.410 e. The summed E-state index contributed by atoms with van der Waals surface area (Å²) in [6, 6.07) is 1.14. The van der Waals surface area contributed by atoms with E-state index in [4.69, 9.17) is 0 Å². The molecule has 146 valence electrons. The van der Waals surface area contributed by atoms with Crippen molar-refractivity contribution in [2.45, 2.75) is 57.0 Å². The number of carbonyl (C=O) groups excluding carboxylic acids is 1. The van der Waals surface area contributed by atoms with Crippen LogP contribution in [0.3, 0.4) is 0 Å². The third-order valence-corrected chi connectivity index (χ3v) is 5.17. The van der Waals surface area contributed by atoms with Crippen molar-refractivity contribution >= 4 is 11.7 Å². The summed E-state index contributed by atoms with van der Waals surface area (Å²) in [7, 11) is 0. The van der Waals surface area contributed by atoms with Crippen molar-refractivity contribution in [2.75, 3.05) is 11.9 Å². The number of fused-ring (bicyclic) bond motifs is 1. The Hall–Kier alpha value is -2.52. The van der Waals surface area contributed by atoms with E-state index in [1.54, 1.807) is 41.0 Å². The number of alkyl halides is 3. The van der Waals surface area contributed by atoms with Crippen molar-refractivity contribution in [1.29, 1.82) is 0 Å². The molecule has 0 aliphatic carbocycles. The van der Waals surface area contributed by atoms with Crippen LogP contribution in [0.25, 0.3) is 0 Å². The molecule has 0 aromatic carbocycles. The molecular weight excluding hydrogens is 361 g/mol. The van der Waals surface area contributed by atoms with Crippen molar-refractivity contribution in [3.63, 3.8) is 0 Å². The van der Waals surface area contributed by atoms with Gasteiger partial charge in [-0.15, -0.1) is 0 Å².